The van der Waals surface area contributed by atoms with Crippen LogP contribution in [-0.2, 0) is 0 Å². The highest BCUT2D eigenvalue weighted by Gasteiger charge is 2.27. The summed E-state index contributed by atoms with van der Waals surface area (Å²) in [6.07, 6.45) is -2.88. The smallest absolute Gasteiger partial charge is 0.388 e. The fraction of sp³-hybridized carbons (Fsp3) is 0.250. The molecule has 0 spiro atoms. The van der Waals surface area contributed by atoms with Gasteiger partial charge in [0.2, 0.25) is 0 Å². The predicted molar refractivity (Wildman–Crippen MR) is 54.7 cm³/mol. The molecular weight excluding hydrogens is 227 g/mol. The van der Waals surface area contributed by atoms with E-state index in [-0.39, 0.29) is 16.4 Å². The number of hydrogen-bond donors (Lipinski definition) is 2. The summed E-state index contributed by atoms with van der Waals surface area (Å²) in [6, 6.07) is 2.94. The number of nitrogens with two attached hydrogens (primary N) is 1. The predicted octanol–water partition coefficient (Wildman–Crippen LogP) is 1.69. The quantitative estimate of drug-likeness (QED) is 0.783. The maximum Gasteiger partial charge on any atom is 0.405 e. The molecule has 1 aromatic heterocycles. The first kappa shape index (κ1) is 11.7. The Morgan fingerprint density at radius 3 is 2.73 bits per heavy atom. The van der Waals surface area contributed by atoms with E-state index in [0.29, 0.717) is 0 Å². The monoisotopic (exact) mass is 235 g/mol. The second-order valence-corrected chi connectivity index (χ2v) is 3.17. The number of rotatable bonds is 3. The fourth-order valence-electron chi connectivity index (χ4n) is 0.940. The Hall–Kier alpha value is -1.37. The number of pyridine rings is 1. The van der Waals surface area contributed by atoms with Gasteiger partial charge in [-0.3, -0.25) is 4.98 Å². The van der Waals surface area contributed by atoms with Gasteiger partial charge in [-0.1, -0.05) is 12.2 Å². The standard InChI is InChI=1S/C8H8F3N3S/c9-8(10,11)4-14-5-2-1-3-13-6(5)7(12)15/h1-3,14H,4H2,(H2,12,15). The molecule has 3 N–H and O–H groups in total. The largest absolute Gasteiger partial charge is 0.405 e. The summed E-state index contributed by atoms with van der Waals surface area (Å²) in [5.41, 5.74) is 5.65. The van der Waals surface area contributed by atoms with E-state index in [1.54, 1.807) is 0 Å². The van der Waals surface area contributed by atoms with E-state index in [4.69, 9.17) is 5.73 Å². The molecule has 1 heterocycles. The number of nitrogens with zero attached hydrogens (tertiary/aromatic N) is 1. The van der Waals surface area contributed by atoms with Gasteiger partial charge in [-0.15, -0.1) is 0 Å². The van der Waals surface area contributed by atoms with Crippen LogP contribution in [0.2, 0.25) is 0 Å². The Morgan fingerprint density at radius 1 is 1.53 bits per heavy atom. The highest BCUT2D eigenvalue weighted by Crippen LogP contribution is 2.18. The van der Waals surface area contributed by atoms with Gasteiger partial charge in [0.15, 0.2) is 0 Å². The van der Waals surface area contributed by atoms with Crippen molar-refractivity contribution >= 4 is 22.9 Å². The number of hydrogen-bond acceptors (Lipinski definition) is 3. The van der Waals surface area contributed by atoms with Crippen LogP contribution in [0.15, 0.2) is 18.3 Å². The van der Waals surface area contributed by atoms with Crippen LogP contribution >= 0.6 is 12.2 Å². The van der Waals surface area contributed by atoms with Gasteiger partial charge >= 0.3 is 6.18 Å². The highest BCUT2D eigenvalue weighted by molar-refractivity contribution is 7.80. The lowest BCUT2D eigenvalue weighted by Gasteiger charge is -2.11. The third-order valence-electron chi connectivity index (χ3n) is 1.52. The first-order chi connectivity index (χ1) is 6.90. The van der Waals surface area contributed by atoms with E-state index in [1.165, 1.54) is 18.3 Å². The number of aromatic nitrogens is 1. The average molecular weight is 235 g/mol. The van der Waals surface area contributed by atoms with Crippen molar-refractivity contribution in [2.24, 2.45) is 5.73 Å². The topological polar surface area (TPSA) is 50.9 Å². The third kappa shape index (κ3) is 3.70. The van der Waals surface area contributed by atoms with Crippen molar-refractivity contribution in [1.29, 1.82) is 0 Å². The van der Waals surface area contributed by atoms with Crippen molar-refractivity contribution in [3.63, 3.8) is 0 Å². The SMILES string of the molecule is NC(=S)c1ncccc1NCC(F)(F)F. The van der Waals surface area contributed by atoms with Crippen molar-refractivity contribution in [3.05, 3.63) is 24.0 Å². The van der Waals surface area contributed by atoms with Gasteiger partial charge in [0.25, 0.3) is 0 Å². The van der Waals surface area contributed by atoms with E-state index >= 15 is 0 Å². The molecule has 0 aliphatic carbocycles. The lowest BCUT2D eigenvalue weighted by atomic mass is 10.3. The second-order valence-electron chi connectivity index (χ2n) is 2.73. The normalized spacial score (nSPS) is 11.1. The minimum Gasteiger partial charge on any atom is -0.388 e. The summed E-state index contributed by atoms with van der Waals surface area (Å²) in [6.45, 7) is -1.14. The lowest BCUT2D eigenvalue weighted by Crippen LogP contribution is -2.23. The molecule has 0 amide bonds. The van der Waals surface area contributed by atoms with Gasteiger partial charge in [-0.2, -0.15) is 13.2 Å². The van der Waals surface area contributed by atoms with Gasteiger partial charge < -0.3 is 11.1 Å². The molecule has 0 bridgehead atoms. The van der Waals surface area contributed by atoms with Crippen LogP contribution in [-0.4, -0.2) is 22.7 Å². The van der Waals surface area contributed by atoms with Crippen LogP contribution in [0.3, 0.4) is 0 Å². The van der Waals surface area contributed by atoms with Crippen LogP contribution in [0.4, 0.5) is 18.9 Å². The summed E-state index contributed by atoms with van der Waals surface area (Å²) >= 11 is 4.65. The number of halogens is 3. The summed E-state index contributed by atoms with van der Waals surface area (Å²) < 4.78 is 35.8. The van der Waals surface area contributed by atoms with Gasteiger partial charge in [0, 0.05) is 6.20 Å². The van der Waals surface area contributed by atoms with Crippen molar-refractivity contribution < 1.29 is 13.2 Å². The van der Waals surface area contributed by atoms with Crippen LogP contribution in [0.1, 0.15) is 5.69 Å². The summed E-state index contributed by atoms with van der Waals surface area (Å²) in [5.74, 6) is 0. The van der Waals surface area contributed by atoms with E-state index in [1.807, 2.05) is 0 Å². The Balaban J connectivity index is 2.81. The molecule has 3 nitrogen and oxygen atoms in total. The van der Waals surface area contributed by atoms with Crippen LogP contribution in [0.5, 0.6) is 0 Å². The molecule has 0 atom stereocenters. The molecular formula is C8H8F3N3S. The van der Waals surface area contributed by atoms with Crippen molar-refractivity contribution in [3.8, 4) is 0 Å². The van der Waals surface area contributed by atoms with Crippen LogP contribution in [0.25, 0.3) is 0 Å². The zero-order chi connectivity index (χ0) is 11.5. The molecule has 0 fully saturated rings. The zero-order valence-corrected chi connectivity index (χ0v) is 8.32. The Kier molecular flexibility index (Phi) is 3.46. The first-order valence-electron chi connectivity index (χ1n) is 3.95. The maximum absolute atomic E-state index is 11.9. The molecule has 0 aliphatic heterocycles. The summed E-state index contributed by atoms with van der Waals surface area (Å²) in [4.78, 5) is 3.74. The molecule has 0 saturated carbocycles. The first-order valence-corrected chi connectivity index (χ1v) is 4.36. The van der Waals surface area contributed by atoms with Crippen LogP contribution < -0.4 is 11.1 Å². The van der Waals surface area contributed by atoms with E-state index in [9.17, 15) is 13.2 Å². The van der Waals surface area contributed by atoms with Gasteiger partial charge in [-0.25, -0.2) is 0 Å². The molecule has 0 aromatic carbocycles. The average Bonchev–Trinajstić information content (AvgIpc) is 2.14. The molecule has 1 aromatic rings. The minimum atomic E-state index is -4.29. The highest BCUT2D eigenvalue weighted by atomic mass is 32.1. The van der Waals surface area contributed by atoms with E-state index < -0.39 is 12.7 Å². The number of thiocarbonyl (C=S) groups is 1. The number of alkyl halides is 3. The fourth-order valence-corrected chi connectivity index (χ4v) is 1.10. The van der Waals surface area contributed by atoms with E-state index in [0.717, 1.165) is 0 Å². The van der Waals surface area contributed by atoms with Crippen molar-refractivity contribution in [2.45, 2.75) is 6.18 Å². The van der Waals surface area contributed by atoms with Crippen molar-refractivity contribution in [1.82, 2.24) is 4.98 Å². The molecule has 7 heteroatoms. The number of anilines is 1. The maximum atomic E-state index is 11.9. The summed E-state index contributed by atoms with van der Waals surface area (Å²) in [7, 11) is 0. The molecule has 15 heavy (non-hydrogen) atoms. The molecule has 1 rings (SSSR count). The molecule has 0 unspecified atom stereocenters. The van der Waals surface area contributed by atoms with E-state index in [2.05, 4.69) is 22.5 Å². The second kappa shape index (κ2) is 4.43. The Morgan fingerprint density at radius 2 is 2.20 bits per heavy atom. The summed E-state index contributed by atoms with van der Waals surface area (Å²) in [5, 5.41) is 2.18. The Bertz CT molecular complexity index is 364. The number of nitrogens with one attached hydrogen (secondary N) is 1. The minimum absolute atomic E-state index is 0.0414. The third-order valence-corrected chi connectivity index (χ3v) is 1.71. The lowest BCUT2D eigenvalue weighted by molar-refractivity contribution is -0.115. The molecule has 0 aliphatic rings. The molecule has 0 saturated heterocycles. The van der Waals surface area contributed by atoms with Gasteiger partial charge in [0.05, 0.1) is 5.69 Å². The van der Waals surface area contributed by atoms with Gasteiger partial charge in [0.1, 0.15) is 17.2 Å². The van der Waals surface area contributed by atoms with Crippen molar-refractivity contribution in [2.75, 3.05) is 11.9 Å². The van der Waals surface area contributed by atoms with Crippen LogP contribution in [0, 0.1) is 0 Å². The molecule has 82 valence electrons. The Labute approximate surface area is 89.5 Å². The molecule has 0 radical (unpaired) electrons. The zero-order valence-electron chi connectivity index (χ0n) is 7.51. The van der Waals surface area contributed by atoms with Gasteiger partial charge in [-0.05, 0) is 12.1 Å².